The highest BCUT2D eigenvalue weighted by atomic mass is 79.9. The van der Waals surface area contributed by atoms with E-state index in [1.54, 1.807) is 0 Å². The highest BCUT2D eigenvalue weighted by Crippen LogP contribution is 2.18. The molecule has 0 unspecified atom stereocenters. The maximum absolute atomic E-state index is 11.8. The molecule has 0 aliphatic heterocycles. The van der Waals surface area contributed by atoms with Crippen molar-refractivity contribution < 1.29 is 4.79 Å². The molecular formula is C13H17BrClNO. The second-order valence-corrected chi connectivity index (χ2v) is 5.22. The molecule has 17 heavy (non-hydrogen) atoms. The van der Waals surface area contributed by atoms with Crippen LogP contribution in [0.3, 0.4) is 0 Å². The van der Waals surface area contributed by atoms with Gasteiger partial charge in [-0.05, 0) is 53.4 Å². The Labute approximate surface area is 116 Å². The maximum Gasteiger partial charge on any atom is 0.252 e. The summed E-state index contributed by atoms with van der Waals surface area (Å²) in [6, 6.07) is 5.73. The third kappa shape index (κ3) is 5.09. The Morgan fingerprint density at radius 2 is 2.12 bits per heavy atom. The average Bonchev–Trinajstić information content (AvgIpc) is 2.28. The predicted molar refractivity (Wildman–Crippen MR) is 75.8 cm³/mol. The Balaban J connectivity index is 2.42. The first-order valence-corrected chi connectivity index (χ1v) is 7.08. The summed E-state index contributed by atoms with van der Waals surface area (Å²) in [6.45, 7) is 2.70. The van der Waals surface area contributed by atoms with Gasteiger partial charge in [-0.1, -0.05) is 12.5 Å². The summed E-state index contributed by atoms with van der Waals surface area (Å²) < 4.78 is 0.843. The molecule has 0 aliphatic carbocycles. The van der Waals surface area contributed by atoms with E-state index in [1.165, 1.54) is 0 Å². The summed E-state index contributed by atoms with van der Waals surface area (Å²) in [5, 5.41) is 2.91. The van der Waals surface area contributed by atoms with Crippen molar-refractivity contribution in [1.82, 2.24) is 5.32 Å². The van der Waals surface area contributed by atoms with E-state index in [0.717, 1.165) is 29.3 Å². The van der Waals surface area contributed by atoms with Gasteiger partial charge in [-0.2, -0.15) is 0 Å². The van der Waals surface area contributed by atoms with E-state index in [-0.39, 0.29) is 5.91 Å². The van der Waals surface area contributed by atoms with Gasteiger partial charge in [0.25, 0.3) is 5.91 Å². The highest BCUT2D eigenvalue weighted by Gasteiger charge is 2.08. The van der Waals surface area contributed by atoms with Crippen molar-refractivity contribution >= 4 is 33.4 Å². The van der Waals surface area contributed by atoms with Gasteiger partial charge < -0.3 is 5.32 Å². The van der Waals surface area contributed by atoms with Crippen LogP contribution in [0, 0.1) is 6.92 Å². The van der Waals surface area contributed by atoms with Crippen LogP contribution in [-0.4, -0.2) is 18.3 Å². The van der Waals surface area contributed by atoms with Crippen LogP contribution < -0.4 is 5.32 Å². The van der Waals surface area contributed by atoms with E-state index in [4.69, 9.17) is 11.6 Å². The molecule has 0 bridgehead atoms. The Morgan fingerprint density at radius 1 is 1.35 bits per heavy atom. The van der Waals surface area contributed by atoms with E-state index in [9.17, 15) is 4.79 Å². The minimum absolute atomic E-state index is 0.0252. The van der Waals surface area contributed by atoms with Crippen LogP contribution >= 0.6 is 27.5 Å². The number of amides is 1. The predicted octanol–water partition coefficient (Wildman–Crippen LogP) is 3.90. The standard InChI is InChI=1S/C13H17BrClNO/c1-10-5-6-11(12(14)9-10)13(17)16-8-4-2-3-7-15/h5-6,9H,2-4,7-8H2,1H3,(H,16,17). The van der Waals surface area contributed by atoms with Gasteiger partial charge in [-0.25, -0.2) is 0 Å². The zero-order valence-corrected chi connectivity index (χ0v) is 12.3. The van der Waals surface area contributed by atoms with Gasteiger partial charge >= 0.3 is 0 Å². The van der Waals surface area contributed by atoms with E-state index >= 15 is 0 Å². The highest BCUT2D eigenvalue weighted by molar-refractivity contribution is 9.10. The number of carbonyl (C=O) groups excluding carboxylic acids is 1. The van der Waals surface area contributed by atoms with Crippen LogP contribution in [0.25, 0.3) is 0 Å². The number of halogens is 2. The fraction of sp³-hybridized carbons (Fsp3) is 0.462. The quantitative estimate of drug-likeness (QED) is 0.625. The molecule has 1 rings (SSSR count). The third-order valence-electron chi connectivity index (χ3n) is 2.47. The van der Waals surface area contributed by atoms with Crippen LogP contribution in [0.15, 0.2) is 22.7 Å². The fourth-order valence-electron chi connectivity index (χ4n) is 1.50. The molecule has 0 fully saturated rings. The Kier molecular flexibility index (Phi) is 6.60. The number of rotatable bonds is 6. The van der Waals surface area contributed by atoms with Crippen molar-refractivity contribution in [2.45, 2.75) is 26.2 Å². The minimum Gasteiger partial charge on any atom is -0.352 e. The third-order valence-corrected chi connectivity index (χ3v) is 3.39. The SMILES string of the molecule is Cc1ccc(C(=O)NCCCCCCl)c(Br)c1. The number of hydrogen-bond donors (Lipinski definition) is 1. The molecule has 4 heteroatoms. The van der Waals surface area contributed by atoms with Crippen LogP contribution in [0.5, 0.6) is 0 Å². The normalized spacial score (nSPS) is 10.3. The molecule has 0 aromatic heterocycles. The van der Waals surface area contributed by atoms with Crippen LogP contribution in [-0.2, 0) is 0 Å². The lowest BCUT2D eigenvalue weighted by Gasteiger charge is -2.07. The first-order valence-electron chi connectivity index (χ1n) is 5.75. The van der Waals surface area contributed by atoms with Crippen molar-refractivity contribution in [3.05, 3.63) is 33.8 Å². The number of carbonyl (C=O) groups is 1. The van der Waals surface area contributed by atoms with Gasteiger partial charge in [0.1, 0.15) is 0 Å². The number of aryl methyl sites for hydroxylation is 1. The minimum atomic E-state index is -0.0252. The number of unbranched alkanes of at least 4 members (excludes halogenated alkanes) is 2. The first-order chi connectivity index (χ1) is 8.15. The van der Waals surface area contributed by atoms with Crippen molar-refractivity contribution in [1.29, 1.82) is 0 Å². The molecule has 1 aromatic carbocycles. The summed E-state index contributed by atoms with van der Waals surface area (Å²) >= 11 is 8.98. The van der Waals surface area contributed by atoms with Crippen LogP contribution in [0.4, 0.5) is 0 Å². The summed E-state index contributed by atoms with van der Waals surface area (Å²) in [7, 11) is 0. The van der Waals surface area contributed by atoms with Gasteiger partial charge in [0.2, 0.25) is 0 Å². The number of benzene rings is 1. The molecule has 0 saturated heterocycles. The average molecular weight is 319 g/mol. The first kappa shape index (κ1) is 14.5. The van der Waals surface area contributed by atoms with Gasteiger partial charge in [0.05, 0.1) is 5.56 Å². The molecule has 0 heterocycles. The Bertz CT molecular complexity index is 382. The lowest BCUT2D eigenvalue weighted by atomic mass is 10.1. The van der Waals surface area contributed by atoms with E-state index in [1.807, 2.05) is 25.1 Å². The lowest BCUT2D eigenvalue weighted by Crippen LogP contribution is -2.24. The van der Waals surface area contributed by atoms with Crippen molar-refractivity contribution in [2.75, 3.05) is 12.4 Å². The molecule has 0 saturated carbocycles. The second-order valence-electron chi connectivity index (χ2n) is 3.99. The Morgan fingerprint density at radius 3 is 2.76 bits per heavy atom. The summed E-state index contributed by atoms with van der Waals surface area (Å²) in [5.74, 6) is 0.667. The number of hydrogen-bond acceptors (Lipinski definition) is 1. The van der Waals surface area contributed by atoms with E-state index in [0.29, 0.717) is 18.0 Å². The molecule has 1 aromatic rings. The maximum atomic E-state index is 11.8. The molecule has 2 nitrogen and oxygen atoms in total. The van der Waals surface area contributed by atoms with Crippen LogP contribution in [0.1, 0.15) is 35.2 Å². The molecule has 0 spiro atoms. The topological polar surface area (TPSA) is 29.1 Å². The van der Waals surface area contributed by atoms with Crippen LogP contribution in [0.2, 0.25) is 0 Å². The van der Waals surface area contributed by atoms with Crippen molar-refractivity contribution in [3.63, 3.8) is 0 Å². The van der Waals surface area contributed by atoms with Crippen molar-refractivity contribution in [2.24, 2.45) is 0 Å². The van der Waals surface area contributed by atoms with Gasteiger partial charge in [0.15, 0.2) is 0 Å². The second kappa shape index (κ2) is 7.72. The summed E-state index contributed by atoms with van der Waals surface area (Å²) in [6.07, 6.45) is 3.03. The van der Waals surface area contributed by atoms with Gasteiger partial charge in [0, 0.05) is 16.9 Å². The largest absolute Gasteiger partial charge is 0.352 e. The molecular weight excluding hydrogens is 302 g/mol. The summed E-state index contributed by atoms with van der Waals surface area (Å²) in [4.78, 5) is 11.8. The zero-order valence-electron chi connectivity index (χ0n) is 9.93. The molecule has 1 N–H and O–H groups in total. The zero-order chi connectivity index (χ0) is 12.7. The van der Waals surface area contributed by atoms with Crippen molar-refractivity contribution in [3.8, 4) is 0 Å². The molecule has 0 atom stereocenters. The van der Waals surface area contributed by atoms with E-state index in [2.05, 4.69) is 21.2 Å². The van der Waals surface area contributed by atoms with Gasteiger partial charge in [-0.15, -0.1) is 11.6 Å². The molecule has 0 radical (unpaired) electrons. The summed E-state index contributed by atoms with van der Waals surface area (Å²) in [5.41, 5.74) is 1.82. The fourth-order valence-corrected chi connectivity index (χ4v) is 2.36. The van der Waals surface area contributed by atoms with Gasteiger partial charge in [-0.3, -0.25) is 4.79 Å². The Hall–Kier alpha value is -0.540. The molecule has 94 valence electrons. The lowest BCUT2D eigenvalue weighted by molar-refractivity contribution is 0.0952. The van der Waals surface area contributed by atoms with E-state index < -0.39 is 0 Å². The number of nitrogens with one attached hydrogen (secondary N) is 1. The molecule has 1 amide bonds. The monoisotopic (exact) mass is 317 g/mol. The number of alkyl halides is 1. The molecule has 0 aliphatic rings. The smallest absolute Gasteiger partial charge is 0.252 e.